The molecule has 2 rings (SSSR count). The molecular formula is C7H13ClN4O2. The van der Waals surface area contributed by atoms with Crippen LogP contribution in [0.5, 0.6) is 0 Å². The van der Waals surface area contributed by atoms with Gasteiger partial charge in [-0.15, -0.1) is 12.4 Å². The van der Waals surface area contributed by atoms with Crippen molar-refractivity contribution in [1.82, 2.24) is 10.1 Å². The Morgan fingerprint density at radius 1 is 1.50 bits per heavy atom. The molecule has 1 aliphatic heterocycles. The van der Waals surface area contributed by atoms with Gasteiger partial charge in [0.2, 0.25) is 5.89 Å². The van der Waals surface area contributed by atoms with E-state index in [0.717, 1.165) is 0 Å². The van der Waals surface area contributed by atoms with Gasteiger partial charge in [-0.25, -0.2) is 0 Å². The number of nitrogens with two attached hydrogens (primary N) is 2. The lowest BCUT2D eigenvalue weighted by Crippen LogP contribution is -2.37. The predicted octanol–water partition coefficient (Wildman–Crippen LogP) is -0.476. The van der Waals surface area contributed by atoms with Gasteiger partial charge in [-0.05, 0) is 6.42 Å². The molecule has 1 aromatic heterocycles. The maximum Gasteiger partial charge on any atom is 0.249 e. The monoisotopic (exact) mass is 220 g/mol. The van der Waals surface area contributed by atoms with Crippen molar-refractivity contribution in [2.45, 2.75) is 18.5 Å². The minimum atomic E-state index is -0.611. The van der Waals surface area contributed by atoms with Gasteiger partial charge in [0.25, 0.3) is 0 Å². The topological polar surface area (TPSA) is 100 Å². The van der Waals surface area contributed by atoms with Gasteiger partial charge in [0.1, 0.15) is 5.54 Å². The van der Waals surface area contributed by atoms with Gasteiger partial charge in [-0.1, -0.05) is 5.16 Å². The molecule has 7 heteroatoms. The Kier molecular flexibility index (Phi) is 3.43. The van der Waals surface area contributed by atoms with Crippen LogP contribution in [0.1, 0.15) is 18.1 Å². The van der Waals surface area contributed by atoms with Crippen LogP contribution in [-0.2, 0) is 16.8 Å². The summed E-state index contributed by atoms with van der Waals surface area (Å²) < 4.78 is 10.2. The van der Waals surface area contributed by atoms with Crippen molar-refractivity contribution < 1.29 is 9.26 Å². The van der Waals surface area contributed by atoms with E-state index < -0.39 is 5.54 Å². The van der Waals surface area contributed by atoms with Crippen LogP contribution in [0.4, 0.5) is 0 Å². The molecule has 0 saturated carbocycles. The zero-order chi connectivity index (χ0) is 9.31. The summed E-state index contributed by atoms with van der Waals surface area (Å²) in [5.41, 5.74) is 10.7. The van der Waals surface area contributed by atoms with Gasteiger partial charge in [0.05, 0.1) is 13.2 Å². The summed E-state index contributed by atoms with van der Waals surface area (Å²) in [6.07, 6.45) is 0.708. The Morgan fingerprint density at radius 2 is 2.29 bits per heavy atom. The molecule has 1 unspecified atom stereocenters. The molecule has 2 heterocycles. The van der Waals surface area contributed by atoms with Crippen molar-refractivity contribution in [3.63, 3.8) is 0 Å². The lowest BCUT2D eigenvalue weighted by molar-refractivity contribution is 0.166. The Labute approximate surface area is 87.4 Å². The average molecular weight is 221 g/mol. The standard InChI is InChI=1S/C7H12N4O2.ClH/c8-3-5-10-6(13-11-5)7(9)1-2-12-4-7;/h1-4,8-9H2;1H. The minimum Gasteiger partial charge on any atom is -0.379 e. The maximum absolute atomic E-state index is 5.99. The van der Waals surface area contributed by atoms with E-state index in [4.69, 9.17) is 20.7 Å². The van der Waals surface area contributed by atoms with Crippen molar-refractivity contribution in [2.24, 2.45) is 11.5 Å². The zero-order valence-electron chi connectivity index (χ0n) is 7.60. The first-order valence-electron chi connectivity index (χ1n) is 4.14. The van der Waals surface area contributed by atoms with Crippen LogP contribution in [0.15, 0.2) is 4.52 Å². The third kappa shape index (κ3) is 1.88. The van der Waals surface area contributed by atoms with E-state index in [9.17, 15) is 0 Å². The van der Waals surface area contributed by atoms with Crippen molar-refractivity contribution in [3.05, 3.63) is 11.7 Å². The van der Waals surface area contributed by atoms with Crippen LogP contribution in [0.2, 0.25) is 0 Å². The van der Waals surface area contributed by atoms with E-state index in [1.165, 1.54) is 0 Å². The van der Waals surface area contributed by atoms with Gasteiger partial charge in [-0.2, -0.15) is 4.98 Å². The normalized spacial score (nSPS) is 26.1. The summed E-state index contributed by atoms with van der Waals surface area (Å²) in [6, 6.07) is 0. The quantitative estimate of drug-likeness (QED) is 0.699. The summed E-state index contributed by atoms with van der Waals surface area (Å²) in [5.74, 6) is 0.900. The summed E-state index contributed by atoms with van der Waals surface area (Å²) in [4.78, 5) is 4.07. The number of rotatable bonds is 2. The molecule has 0 bridgehead atoms. The number of aromatic nitrogens is 2. The fourth-order valence-corrected chi connectivity index (χ4v) is 1.29. The molecule has 1 aliphatic rings. The van der Waals surface area contributed by atoms with E-state index in [0.29, 0.717) is 31.3 Å². The lowest BCUT2D eigenvalue weighted by Gasteiger charge is -2.14. The van der Waals surface area contributed by atoms with Gasteiger partial charge in [0.15, 0.2) is 5.82 Å². The summed E-state index contributed by atoms with van der Waals surface area (Å²) >= 11 is 0. The Morgan fingerprint density at radius 3 is 2.79 bits per heavy atom. The van der Waals surface area contributed by atoms with Gasteiger partial charge < -0.3 is 20.7 Å². The molecule has 1 fully saturated rings. The summed E-state index contributed by atoms with van der Waals surface area (Å²) in [6.45, 7) is 1.33. The van der Waals surface area contributed by atoms with Gasteiger partial charge >= 0.3 is 0 Å². The van der Waals surface area contributed by atoms with Gasteiger partial charge in [-0.3, -0.25) is 0 Å². The van der Waals surface area contributed by atoms with E-state index in [1.807, 2.05) is 0 Å². The first kappa shape index (κ1) is 11.4. The molecule has 0 aliphatic carbocycles. The molecule has 1 aromatic rings. The van der Waals surface area contributed by atoms with Crippen molar-refractivity contribution in [3.8, 4) is 0 Å². The van der Waals surface area contributed by atoms with Gasteiger partial charge in [0, 0.05) is 6.61 Å². The van der Waals surface area contributed by atoms with Crippen LogP contribution >= 0.6 is 12.4 Å². The third-order valence-corrected chi connectivity index (χ3v) is 2.13. The van der Waals surface area contributed by atoms with E-state index in [2.05, 4.69) is 10.1 Å². The minimum absolute atomic E-state index is 0. The Hall–Kier alpha value is -0.690. The fourth-order valence-electron chi connectivity index (χ4n) is 1.29. The summed E-state index contributed by atoms with van der Waals surface area (Å²) in [7, 11) is 0. The number of nitrogens with zero attached hydrogens (tertiary/aromatic N) is 2. The highest BCUT2D eigenvalue weighted by molar-refractivity contribution is 5.85. The second kappa shape index (κ2) is 4.22. The number of hydrogen-bond donors (Lipinski definition) is 2. The average Bonchev–Trinajstić information content (AvgIpc) is 2.72. The van der Waals surface area contributed by atoms with E-state index in [1.54, 1.807) is 0 Å². The first-order chi connectivity index (χ1) is 6.24. The van der Waals surface area contributed by atoms with Crippen molar-refractivity contribution in [2.75, 3.05) is 13.2 Å². The predicted molar refractivity (Wildman–Crippen MR) is 50.7 cm³/mol. The SMILES string of the molecule is Cl.NCc1noc(C2(N)CCOC2)n1. The molecule has 6 nitrogen and oxygen atoms in total. The maximum atomic E-state index is 5.99. The highest BCUT2D eigenvalue weighted by Gasteiger charge is 2.37. The Bertz CT molecular complexity index is 298. The molecule has 0 radical (unpaired) electrons. The smallest absolute Gasteiger partial charge is 0.249 e. The molecule has 0 aromatic carbocycles. The van der Waals surface area contributed by atoms with Crippen LogP contribution < -0.4 is 11.5 Å². The number of ether oxygens (including phenoxy) is 1. The molecule has 1 atom stereocenters. The molecular weight excluding hydrogens is 208 g/mol. The fraction of sp³-hybridized carbons (Fsp3) is 0.714. The van der Waals surface area contributed by atoms with Crippen molar-refractivity contribution in [1.29, 1.82) is 0 Å². The molecule has 0 amide bonds. The van der Waals surface area contributed by atoms with Crippen molar-refractivity contribution >= 4 is 12.4 Å². The molecule has 0 spiro atoms. The third-order valence-electron chi connectivity index (χ3n) is 2.13. The second-order valence-corrected chi connectivity index (χ2v) is 3.18. The first-order valence-corrected chi connectivity index (χ1v) is 4.14. The molecule has 4 N–H and O–H groups in total. The zero-order valence-corrected chi connectivity index (χ0v) is 8.42. The highest BCUT2D eigenvalue weighted by Crippen LogP contribution is 2.25. The molecule has 80 valence electrons. The largest absolute Gasteiger partial charge is 0.379 e. The van der Waals surface area contributed by atoms with Crippen LogP contribution in [0, 0.1) is 0 Å². The number of hydrogen-bond acceptors (Lipinski definition) is 6. The van der Waals surface area contributed by atoms with E-state index in [-0.39, 0.29) is 19.0 Å². The second-order valence-electron chi connectivity index (χ2n) is 3.18. The van der Waals surface area contributed by atoms with E-state index >= 15 is 0 Å². The van der Waals surface area contributed by atoms with Crippen LogP contribution in [0.3, 0.4) is 0 Å². The highest BCUT2D eigenvalue weighted by atomic mass is 35.5. The lowest BCUT2D eigenvalue weighted by atomic mass is 10.0. The molecule has 14 heavy (non-hydrogen) atoms. The molecule has 1 saturated heterocycles. The van der Waals surface area contributed by atoms with Crippen LogP contribution in [-0.4, -0.2) is 23.4 Å². The summed E-state index contributed by atoms with van der Waals surface area (Å²) in [5, 5.41) is 3.68. The Balaban J connectivity index is 0.000000980. The van der Waals surface area contributed by atoms with Crippen LogP contribution in [0.25, 0.3) is 0 Å². The number of halogens is 1.